The van der Waals surface area contributed by atoms with Gasteiger partial charge in [-0.25, -0.2) is 9.59 Å². The van der Waals surface area contributed by atoms with Crippen LogP contribution in [-0.2, 0) is 4.79 Å². The number of carbonyl (C=O) groups excluding carboxylic acids is 1. The summed E-state index contributed by atoms with van der Waals surface area (Å²) in [6.45, 7) is 6.49. The van der Waals surface area contributed by atoms with Gasteiger partial charge in [-0.05, 0) is 12.3 Å². The normalized spacial score (nSPS) is 13.6. The van der Waals surface area contributed by atoms with Crippen molar-refractivity contribution in [1.82, 2.24) is 10.6 Å². The third-order valence-electron chi connectivity index (χ3n) is 3.33. The number of rotatable bonds is 10. The fourth-order valence-electron chi connectivity index (χ4n) is 1.81. The molecule has 0 fully saturated rings. The average Bonchev–Trinajstić information content (AvgIpc) is 2.38. The Morgan fingerprint density at radius 1 is 1.11 bits per heavy atom. The number of carboxylic acids is 1. The molecule has 19 heavy (non-hydrogen) atoms. The molecule has 2 amide bonds. The summed E-state index contributed by atoms with van der Waals surface area (Å²) in [6.07, 6.45) is 6.36. The summed E-state index contributed by atoms with van der Waals surface area (Å²) in [4.78, 5) is 22.6. The van der Waals surface area contributed by atoms with Crippen molar-refractivity contribution < 1.29 is 14.7 Å². The van der Waals surface area contributed by atoms with Crippen LogP contribution in [0.25, 0.3) is 0 Å². The molecule has 0 radical (unpaired) electrons. The molecule has 0 aromatic carbocycles. The largest absolute Gasteiger partial charge is 0.480 e. The molecular formula is C14H28N2O3. The van der Waals surface area contributed by atoms with Crippen LogP contribution >= 0.6 is 0 Å². The van der Waals surface area contributed by atoms with Crippen LogP contribution in [0.2, 0.25) is 0 Å². The Kier molecular flexibility index (Phi) is 9.94. The molecule has 0 saturated carbocycles. The molecule has 0 aliphatic carbocycles. The second kappa shape index (κ2) is 10.6. The third-order valence-corrected chi connectivity index (χ3v) is 3.33. The number of unbranched alkanes of at least 4 members (excludes halogenated alkanes) is 4. The Balaban J connectivity index is 3.85. The van der Waals surface area contributed by atoms with E-state index in [1.807, 2.05) is 13.8 Å². The van der Waals surface area contributed by atoms with Gasteiger partial charge in [0.1, 0.15) is 6.04 Å². The number of urea groups is 1. The number of aliphatic carboxylic acids is 1. The molecule has 0 heterocycles. The fourth-order valence-corrected chi connectivity index (χ4v) is 1.81. The highest BCUT2D eigenvalue weighted by molar-refractivity contribution is 5.82. The highest BCUT2D eigenvalue weighted by atomic mass is 16.4. The number of carboxylic acid groups (broad SMARTS) is 1. The van der Waals surface area contributed by atoms with E-state index in [2.05, 4.69) is 17.6 Å². The van der Waals surface area contributed by atoms with Gasteiger partial charge in [-0.15, -0.1) is 0 Å². The maximum Gasteiger partial charge on any atom is 0.326 e. The first-order valence-electron chi connectivity index (χ1n) is 7.30. The predicted octanol–water partition coefficient (Wildman–Crippen LogP) is 2.76. The highest BCUT2D eigenvalue weighted by Crippen LogP contribution is 2.07. The summed E-state index contributed by atoms with van der Waals surface area (Å²) in [5.41, 5.74) is 0. The highest BCUT2D eigenvalue weighted by Gasteiger charge is 2.24. The van der Waals surface area contributed by atoms with E-state index in [0.717, 1.165) is 12.8 Å². The van der Waals surface area contributed by atoms with Gasteiger partial charge in [0.2, 0.25) is 0 Å². The molecule has 0 aliphatic heterocycles. The topological polar surface area (TPSA) is 78.4 Å². The lowest BCUT2D eigenvalue weighted by atomic mass is 9.99. The van der Waals surface area contributed by atoms with Gasteiger partial charge in [0, 0.05) is 6.54 Å². The van der Waals surface area contributed by atoms with E-state index in [4.69, 9.17) is 5.11 Å². The van der Waals surface area contributed by atoms with Gasteiger partial charge in [0.15, 0.2) is 0 Å². The molecule has 0 saturated heterocycles. The van der Waals surface area contributed by atoms with Gasteiger partial charge in [-0.2, -0.15) is 0 Å². The van der Waals surface area contributed by atoms with Gasteiger partial charge in [0.05, 0.1) is 0 Å². The van der Waals surface area contributed by atoms with Crippen molar-refractivity contribution in [3.63, 3.8) is 0 Å². The van der Waals surface area contributed by atoms with Crippen LogP contribution in [0.15, 0.2) is 0 Å². The van der Waals surface area contributed by atoms with Crippen molar-refractivity contribution in [2.75, 3.05) is 6.54 Å². The van der Waals surface area contributed by atoms with Crippen LogP contribution in [0.5, 0.6) is 0 Å². The van der Waals surface area contributed by atoms with Crippen LogP contribution in [0.4, 0.5) is 4.79 Å². The summed E-state index contributed by atoms with van der Waals surface area (Å²) in [5, 5.41) is 14.3. The number of hydrogen-bond acceptors (Lipinski definition) is 2. The van der Waals surface area contributed by atoms with Crippen LogP contribution in [0, 0.1) is 5.92 Å². The van der Waals surface area contributed by atoms with E-state index in [9.17, 15) is 9.59 Å². The van der Waals surface area contributed by atoms with Crippen molar-refractivity contribution in [3.8, 4) is 0 Å². The summed E-state index contributed by atoms with van der Waals surface area (Å²) in [7, 11) is 0. The van der Waals surface area contributed by atoms with E-state index < -0.39 is 12.0 Å². The van der Waals surface area contributed by atoms with Crippen molar-refractivity contribution in [2.24, 2.45) is 5.92 Å². The minimum Gasteiger partial charge on any atom is -0.480 e. The lowest BCUT2D eigenvalue weighted by Crippen LogP contribution is -2.49. The number of hydrogen-bond donors (Lipinski definition) is 3. The Labute approximate surface area is 116 Å². The van der Waals surface area contributed by atoms with E-state index in [1.165, 1.54) is 19.3 Å². The smallest absolute Gasteiger partial charge is 0.326 e. The van der Waals surface area contributed by atoms with E-state index in [1.54, 1.807) is 0 Å². The average molecular weight is 272 g/mol. The van der Waals surface area contributed by atoms with Crippen LogP contribution < -0.4 is 10.6 Å². The summed E-state index contributed by atoms with van der Waals surface area (Å²) in [6, 6.07) is -1.20. The lowest BCUT2D eigenvalue weighted by molar-refractivity contribution is -0.140. The second-order valence-electron chi connectivity index (χ2n) is 5.02. The molecule has 0 aromatic rings. The molecule has 3 N–H and O–H groups in total. The fraction of sp³-hybridized carbons (Fsp3) is 0.857. The standard InChI is InChI=1S/C14H28N2O3/c1-4-6-7-8-9-10-15-14(19)16-12(13(17)18)11(3)5-2/h11-12H,4-10H2,1-3H3,(H,17,18)(H2,15,16,19). The Hall–Kier alpha value is -1.26. The zero-order valence-electron chi connectivity index (χ0n) is 12.4. The maximum atomic E-state index is 11.6. The minimum absolute atomic E-state index is 0.0761. The molecule has 5 heteroatoms. The van der Waals surface area contributed by atoms with Gasteiger partial charge < -0.3 is 15.7 Å². The molecule has 0 rings (SSSR count). The zero-order chi connectivity index (χ0) is 14.7. The number of amides is 2. The first kappa shape index (κ1) is 17.7. The van der Waals surface area contributed by atoms with Crippen molar-refractivity contribution in [2.45, 2.75) is 65.3 Å². The molecule has 0 aromatic heterocycles. The van der Waals surface area contributed by atoms with Crippen molar-refractivity contribution in [3.05, 3.63) is 0 Å². The quantitative estimate of drug-likeness (QED) is 0.535. The van der Waals surface area contributed by atoms with Crippen LogP contribution in [0.1, 0.15) is 59.3 Å². The van der Waals surface area contributed by atoms with E-state index in [0.29, 0.717) is 13.0 Å². The van der Waals surface area contributed by atoms with Gasteiger partial charge >= 0.3 is 12.0 Å². The van der Waals surface area contributed by atoms with Crippen LogP contribution in [0.3, 0.4) is 0 Å². The zero-order valence-corrected chi connectivity index (χ0v) is 12.4. The van der Waals surface area contributed by atoms with E-state index >= 15 is 0 Å². The third kappa shape index (κ3) is 8.46. The molecule has 2 unspecified atom stereocenters. The second-order valence-corrected chi connectivity index (χ2v) is 5.02. The lowest BCUT2D eigenvalue weighted by Gasteiger charge is -2.20. The molecule has 5 nitrogen and oxygen atoms in total. The van der Waals surface area contributed by atoms with Crippen molar-refractivity contribution in [1.29, 1.82) is 0 Å². The Bertz CT molecular complexity index is 269. The maximum absolute atomic E-state index is 11.6. The molecule has 2 atom stereocenters. The number of carbonyl (C=O) groups is 2. The molecular weight excluding hydrogens is 244 g/mol. The number of nitrogens with one attached hydrogen (secondary N) is 2. The summed E-state index contributed by atoms with van der Waals surface area (Å²) >= 11 is 0. The minimum atomic E-state index is -0.979. The predicted molar refractivity (Wildman–Crippen MR) is 76.2 cm³/mol. The van der Waals surface area contributed by atoms with Crippen LogP contribution in [-0.4, -0.2) is 29.7 Å². The summed E-state index contributed by atoms with van der Waals surface area (Å²) < 4.78 is 0. The first-order valence-corrected chi connectivity index (χ1v) is 7.30. The molecule has 0 spiro atoms. The van der Waals surface area contributed by atoms with Crippen molar-refractivity contribution >= 4 is 12.0 Å². The Morgan fingerprint density at radius 2 is 1.74 bits per heavy atom. The molecule has 0 aliphatic rings. The SMILES string of the molecule is CCCCCCCNC(=O)NC(C(=O)O)C(C)CC. The monoisotopic (exact) mass is 272 g/mol. The summed E-state index contributed by atoms with van der Waals surface area (Å²) in [5.74, 6) is -1.06. The van der Waals surface area contributed by atoms with E-state index in [-0.39, 0.29) is 11.9 Å². The molecule has 0 bridgehead atoms. The Morgan fingerprint density at radius 3 is 2.26 bits per heavy atom. The van der Waals surface area contributed by atoms with Gasteiger partial charge in [-0.1, -0.05) is 52.9 Å². The first-order chi connectivity index (χ1) is 9.02. The molecule has 112 valence electrons. The van der Waals surface area contributed by atoms with Gasteiger partial charge in [0.25, 0.3) is 0 Å². The van der Waals surface area contributed by atoms with Gasteiger partial charge in [-0.3, -0.25) is 0 Å².